The minimum Gasteiger partial charge on any atom is -0.478 e. The smallest absolute Gasteiger partial charge is 0.337 e. The number of nitrogens with zero attached hydrogens (tertiary/aromatic N) is 1. The molecule has 20 heavy (non-hydrogen) atoms. The molecule has 1 saturated carbocycles. The molecule has 110 valence electrons. The number of carboxylic acid groups (broad SMARTS) is 1. The van der Waals surface area contributed by atoms with Crippen LogP contribution in [0.4, 0.5) is 5.69 Å². The van der Waals surface area contributed by atoms with Crippen molar-refractivity contribution in [1.82, 2.24) is 5.32 Å². The van der Waals surface area contributed by atoms with Gasteiger partial charge in [0, 0.05) is 6.04 Å². The summed E-state index contributed by atoms with van der Waals surface area (Å²) < 4.78 is 0. The van der Waals surface area contributed by atoms with Crippen LogP contribution in [0.5, 0.6) is 0 Å². The van der Waals surface area contributed by atoms with Crippen molar-refractivity contribution in [2.75, 3.05) is 7.05 Å². The average molecular weight is 276 g/mol. The molecule has 0 aliphatic heterocycles. The zero-order valence-corrected chi connectivity index (χ0v) is 12.1. The van der Waals surface area contributed by atoms with E-state index in [4.69, 9.17) is 5.11 Å². The molecular weight excluding hydrogens is 252 g/mol. The number of nitrogens with one attached hydrogen (secondary N) is 1. The first kappa shape index (κ1) is 16.4. The lowest BCUT2D eigenvalue weighted by Crippen LogP contribution is -2.23. The van der Waals surface area contributed by atoms with E-state index in [0.29, 0.717) is 5.69 Å². The maximum absolute atomic E-state index is 10.5. The van der Waals surface area contributed by atoms with Gasteiger partial charge >= 0.3 is 5.97 Å². The van der Waals surface area contributed by atoms with Crippen LogP contribution in [0, 0.1) is 0 Å². The lowest BCUT2D eigenvalue weighted by Gasteiger charge is -2.10. The molecule has 1 aromatic rings. The van der Waals surface area contributed by atoms with Gasteiger partial charge in [-0.05, 0) is 38.7 Å². The van der Waals surface area contributed by atoms with Gasteiger partial charge in [0.2, 0.25) is 0 Å². The van der Waals surface area contributed by atoms with E-state index in [1.54, 1.807) is 18.2 Å². The van der Waals surface area contributed by atoms with E-state index in [2.05, 4.69) is 24.1 Å². The molecule has 0 spiro atoms. The SMILES string of the molecule is C=Nc1ccccc1C(=O)O.CNC1CCCCCC1. The molecule has 0 unspecified atom stereocenters. The fourth-order valence-corrected chi connectivity index (χ4v) is 2.36. The fourth-order valence-electron chi connectivity index (χ4n) is 2.36. The Kier molecular flexibility index (Phi) is 7.58. The summed E-state index contributed by atoms with van der Waals surface area (Å²) in [6.45, 7) is 3.26. The minimum absolute atomic E-state index is 0.183. The Morgan fingerprint density at radius 3 is 2.30 bits per heavy atom. The standard InChI is InChI=1S/C8H7NO2.C8H17N/c1-9-7-5-3-2-4-6(7)8(10)11;1-9-8-6-4-2-3-5-7-8/h2-5H,1H2,(H,10,11);8-9H,2-7H2,1H3. The molecule has 0 saturated heterocycles. The molecule has 0 aromatic heterocycles. The molecule has 4 nitrogen and oxygen atoms in total. The Labute approximate surface area is 120 Å². The molecule has 0 bridgehead atoms. The van der Waals surface area contributed by atoms with Gasteiger partial charge in [0.15, 0.2) is 0 Å². The summed E-state index contributed by atoms with van der Waals surface area (Å²) in [5.41, 5.74) is 0.586. The van der Waals surface area contributed by atoms with Gasteiger partial charge in [-0.2, -0.15) is 0 Å². The third-order valence-electron chi connectivity index (χ3n) is 3.57. The topological polar surface area (TPSA) is 61.7 Å². The first-order valence-corrected chi connectivity index (χ1v) is 7.15. The van der Waals surface area contributed by atoms with Gasteiger partial charge in [-0.1, -0.05) is 37.8 Å². The third kappa shape index (κ3) is 5.53. The molecule has 1 aromatic carbocycles. The van der Waals surface area contributed by atoms with Gasteiger partial charge in [0.05, 0.1) is 11.3 Å². The van der Waals surface area contributed by atoms with E-state index in [1.807, 2.05) is 0 Å². The van der Waals surface area contributed by atoms with E-state index >= 15 is 0 Å². The number of benzene rings is 1. The molecule has 1 aliphatic rings. The average Bonchev–Trinajstić information content (AvgIpc) is 2.76. The maximum Gasteiger partial charge on any atom is 0.337 e. The van der Waals surface area contributed by atoms with Crippen molar-refractivity contribution >= 4 is 18.4 Å². The summed E-state index contributed by atoms with van der Waals surface area (Å²) in [7, 11) is 2.08. The molecule has 0 atom stereocenters. The quantitative estimate of drug-likeness (QED) is 0.654. The number of carbonyl (C=O) groups is 1. The zero-order chi connectivity index (χ0) is 14.8. The maximum atomic E-state index is 10.5. The van der Waals surface area contributed by atoms with Crippen molar-refractivity contribution in [3.63, 3.8) is 0 Å². The molecule has 1 fully saturated rings. The summed E-state index contributed by atoms with van der Waals surface area (Å²) in [6.07, 6.45) is 8.58. The highest BCUT2D eigenvalue weighted by Gasteiger charge is 2.08. The van der Waals surface area contributed by atoms with Gasteiger partial charge in [0.1, 0.15) is 0 Å². The lowest BCUT2D eigenvalue weighted by atomic mass is 10.1. The van der Waals surface area contributed by atoms with Gasteiger partial charge in [-0.25, -0.2) is 4.79 Å². The summed E-state index contributed by atoms with van der Waals surface area (Å²) in [5.74, 6) is -0.979. The summed E-state index contributed by atoms with van der Waals surface area (Å²) in [5, 5.41) is 12.0. The van der Waals surface area contributed by atoms with Gasteiger partial charge < -0.3 is 10.4 Å². The summed E-state index contributed by atoms with van der Waals surface area (Å²) >= 11 is 0. The van der Waals surface area contributed by atoms with Crippen LogP contribution >= 0.6 is 0 Å². The molecule has 0 radical (unpaired) electrons. The number of aromatic carboxylic acids is 1. The number of hydrogen-bond acceptors (Lipinski definition) is 3. The van der Waals surface area contributed by atoms with Gasteiger partial charge in [0.25, 0.3) is 0 Å². The van der Waals surface area contributed by atoms with Crippen LogP contribution in [-0.4, -0.2) is 30.9 Å². The predicted molar refractivity (Wildman–Crippen MR) is 83.2 cm³/mol. The second-order valence-electron chi connectivity index (χ2n) is 4.96. The van der Waals surface area contributed by atoms with E-state index < -0.39 is 5.97 Å². The first-order valence-electron chi connectivity index (χ1n) is 7.15. The molecule has 2 N–H and O–H groups in total. The highest BCUT2D eigenvalue weighted by Crippen LogP contribution is 2.17. The number of carboxylic acids is 1. The minimum atomic E-state index is -0.979. The Balaban J connectivity index is 0.000000204. The van der Waals surface area contributed by atoms with Crippen LogP contribution in [-0.2, 0) is 0 Å². The Bertz CT molecular complexity index is 424. The lowest BCUT2D eigenvalue weighted by molar-refractivity contribution is 0.0698. The van der Waals surface area contributed by atoms with Crippen LogP contribution in [0.2, 0.25) is 0 Å². The summed E-state index contributed by atoms with van der Waals surface area (Å²) in [4.78, 5) is 14.1. The number of hydrogen-bond donors (Lipinski definition) is 2. The predicted octanol–water partition coefficient (Wildman–Crippen LogP) is 3.65. The van der Waals surface area contributed by atoms with Crippen LogP contribution in [0.1, 0.15) is 48.9 Å². The van der Waals surface area contributed by atoms with Crippen molar-refractivity contribution in [3.05, 3.63) is 29.8 Å². The van der Waals surface area contributed by atoms with Crippen LogP contribution in [0.3, 0.4) is 0 Å². The van der Waals surface area contributed by atoms with E-state index in [-0.39, 0.29) is 5.56 Å². The highest BCUT2D eigenvalue weighted by atomic mass is 16.4. The van der Waals surface area contributed by atoms with E-state index in [9.17, 15) is 4.79 Å². The second-order valence-corrected chi connectivity index (χ2v) is 4.96. The van der Waals surface area contributed by atoms with Crippen molar-refractivity contribution < 1.29 is 9.90 Å². The Morgan fingerprint density at radius 1 is 1.25 bits per heavy atom. The van der Waals surface area contributed by atoms with Crippen LogP contribution in [0.15, 0.2) is 29.3 Å². The number of rotatable bonds is 3. The molecule has 2 rings (SSSR count). The van der Waals surface area contributed by atoms with Gasteiger partial charge in [-0.3, -0.25) is 4.99 Å². The normalized spacial score (nSPS) is 15.7. The Morgan fingerprint density at radius 2 is 1.85 bits per heavy atom. The zero-order valence-electron chi connectivity index (χ0n) is 12.1. The second kappa shape index (κ2) is 9.26. The Hall–Kier alpha value is -1.68. The highest BCUT2D eigenvalue weighted by molar-refractivity contribution is 5.93. The molecule has 0 heterocycles. The van der Waals surface area contributed by atoms with Crippen molar-refractivity contribution in [3.8, 4) is 0 Å². The van der Waals surface area contributed by atoms with Gasteiger partial charge in [-0.15, -0.1) is 0 Å². The van der Waals surface area contributed by atoms with E-state index in [0.717, 1.165) is 6.04 Å². The molecule has 0 amide bonds. The largest absolute Gasteiger partial charge is 0.478 e. The van der Waals surface area contributed by atoms with Crippen LogP contribution in [0.25, 0.3) is 0 Å². The molecule has 4 heteroatoms. The first-order chi connectivity index (χ1) is 9.69. The molecular formula is C16H24N2O2. The third-order valence-corrected chi connectivity index (χ3v) is 3.57. The van der Waals surface area contributed by atoms with E-state index in [1.165, 1.54) is 44.6 Å². The fraction of sp³-hybridized carbons (Fsp3) is 0.500. The van der Waals surface area contributed by atoms with Crippen LogP contribution < -0.4 is 5.32 Å². The monoisotopic (exact) mass is 276 g/mol. The van der Waals surface area contributed by atoms with Crippen molar-refractivity contribution in [1.29, 1.82) is 0 Å². The van der Waals surface area contributed by atoms with Crippen molar-refractivity contribution in [2.24, 2.45) is 4.99 Å². The number of para-hydroxylation sites is 1. The number of aliphatic imine (C=N–C) groups is 1. The summed E-state index contributed by atoms with van der Waals surface area (Å²) in [6, 6.07) is 7.30. The molecule has 1 aliphatic carbocycles. The van der Waals surface area contributed by atoms with Crippen molar-refractivity contribution in [2.45, 2.75) is 44.6 Å².